The molecule has 0 aliphatic heterocycles. The van der Waals surface area contributed by atoms with Crippen molar-refractivity contribution >= 4 is 23.2 Å². The molecule has 3 rings (SSSR count). The minimum Gasteiger partial charge on any atom is -0.493 e. The van der Waals surface area contributed by atoms with Crippen molar-refractivity contribution in [2.75, 3.05) is 14.2 Å². The van der Waals surface area contributed by atoms with Crippen LogP contribution in [0.3, 0.4) is 0 Å². The molecule has 0 aliphatic carbocycles. The van der Waals surface area contributed by atoms with Crippen LogP contribution < -0.4 is 25.1 Å². The highest BCUT2D eigenvalue weighted by atomic mass is 32.1. The molecule has 0 fully saturated rings. The molecule has 0 aliphatic rings. The number of hydrogen-bond acceptors (Lipinski definition) is 7. The van der Waals surface area contributed by atoms with Gasteiger partial charge >= 0.3 is 0 Å². The van der Waals surface area contributed by atoms with E-state index in [1.54, 1.807) is 47.7 Å². The van der Waals surface area contributed by atoms with Gasteiger partial charge in [-0.15, -0.1) is 11.3 Å². The Balaban J connectivity index is 1.58. The van der Waals surface area contributed by atoms with Gasteiger partial charge in [-0.05, 0) is 43.3 Å². The van der Waals surface area contributed by atoms with E-state index in [0.717, 1.165) is 10.7 Å². The predicted molar refractivity (Wildman–Crippen MR) is 112 cm³/mol. The zero-order chi connectivity index (χ0) is 21.5. The number of hydrazine groups is 1. The first-order chi connectivity index (χ1) is 14.5. The molecule has 0 saturated carbocycles. The fourth-order valence-electron chi connectivity index (χ4n) is 2.59. The summed E-state index contributed by atoms with van der Waals surface area (Å²) >= 11 is 1.55. The molecule has 0 saturated heterocycles. The summed E-state index contributed by atoms with van der Waals surface area (Å²) in [6.45, 7) is 2.24. The standard InChI is InChI=1S/C21H21N3O5S/c1-13-22-16(12-30-13)11-29-17-6-4-5-14(9-17)20(25)23-24-21(26)15-7-8-18(27-2)19(10-15)28-3/h4-10,12H,11H2,1-3H3,(H,23,25)(H,24,26). The van der Waals surface area contributed by atoms with Crippen molar-refractivity contribution in [3.63, 3.8) is 0 Å². The van der Waals surface area contributed by atoms with E-state index in [0.29, 0.717) is 35.0 Å². The first-order valence-corrected chi connectivity index (χ1v) is 9.84. The molecule has 1 aromatic heterocycles. The zero-order valence-electron chi connectivity index (χ0n) is 16.7. The molecular formula is C21H21N3O5S. The van der Waals surface area contributed by atoms with Crippen LogP contribution in [0, 0.1) is 6.92 Å². The number of hydrogen-bond donors (Lipinski definition) is 2. The number of nitrogens with zero attached hydrogens (tertiary/aromatic N) is 1. The number of nitrogens with one attached hydrogen (secondary N) is 2. The van der Waals surface area contributed by atoms with Crippen molar-refractivity contribution in [3.05, 3.63) is 69.7 Å². The van der Waals surface area contributed by atoms with Crippen molar-refractivity contribution in [2.24, 2.45) is 0 Å². The lowest BCUT2D eigenvalue weighted by Gasteiger charge is -2.11. The molecule has 0 radical (unpaired) electrons. The minimum atomic E-state index is -0.490. The van der Waals surface area contributed by atoms with Crippen molar-refractivity contribution < 1.29 is 23.8 Å². The number of carbonyl (C=O) groups excluding carboxylic acids is 2. The molecule has 2 aromatic carbocycles. The minimum absolute atomic E-state index is 0.309. The number of benzene rings is 2. The number of aryl methyl sites for hydroxylation is 1. The van der Waals surface area contributed by atoms with E-state index in [1.807, 2.05) is 12.3 Å². The lowest BCUT2D eigenvalue weighted by molar-refractivity contribution is 0.0846. The second kappa shape index (κ2) is 9.75. The molecular weight excluding hydrogens is 406 g/mol. The van der Waals surface area contributed by atoms with Gasteiger partial charge in [-0.25, -0.2) is 4.98 Å². The molecule has 8 nitrogen and oxygen atoms in total. The van der Waals surface area contributed by atoms with Gasteiger partial charge in [0.25, 0.3) is 11.8 Å². The summed E-state index contributed by atoms with van der Waals surface area (Å²) in [6.07, 6.45) is 0. The highest BCUT2D eigenvalue weighted by Gasteiger charge is 2.13. The molecule has 0 spiro atoms. The van der Waals surface area contributed by atoms with E-state index in [1.165, 1.54) is 20.3 Å². The first kappa shape index (κ1) is 21.1. The van der Waals surface area contributed by atoms with E-state index in [9.17, 15) is 9.59 Å². The van der Waals surface area contributed by atoms with E-state index >= 15 is 0 Å². The summed E-state index contributed by atoms with van der Waals surface area (Å²) in [4.78, 5) is 29.1. The predicted octanol–water partition coefficient (Wildman–Crippen LogP) is 3.12. The van der Waals surface area contributed by atoms with Crippen LogP contribution in [0.5, 0.6) is 17.2 Å². The fraction of sp³-hybridized carbons (Fsp3) is 0.190. The molecule has 2 N–H and O–H groups in total. The van der Waals surface area contributed by atoms with Gasteiger partial charge in [0.1, 0.15) is 12.4 Å². The number of thiazole rings is 1. The quantitative estimate of drug-likeness (QED) is 0.562. The van der Waals surface area contributed by atoms with E-state index in [-0.39, 0.29) is 0 Å². The van der Waals surface area contributed by atoms with E-state index in [4.69, 9.17) is 14.2 Å². The molecule has 2 amide bonds. The summed E-state index contributed by atoms with van der Waals surface area (Å²) in [5, 5.41) is 2.89. The van der Waals surface area contributed by atoms with E-state index < -0.39 is 11.8 Å². The molecule has 0 atom stereocenters. The van der Waals surface area contributed by atoms with E-state index in [2.05, 4.69) is 15.8 Å². The van der Waals surface area contributed by atoms with Crippen molar-refractivity contribution in [1.82, 2.24) is 15.8 Å². The third-order valence-corrected chi connectivity index (χ3v) is 4.91. The maximum Gasteiger partial charge on any atom is 0.269 e. The van der Waals surface area contributed by atoms with Crippen LogP contribution in [0.4, 0.5) is 0 Å². The zero-order valence-corrected chi connectivity index (χ0v) is 17.5. The molecule has 0 bridgehead atoms. The average molecular weight is 427 g/mol. The fourth-order valence-corrected chi connectivity index (χ4v) is 3.19. The van der Waals surface area contributed by atoms with Gasteiger partial charge in [0.2, 0.25) is 0 Å². The van der Waals surface area contributed by atoms with Crippen LogP contribution in [-0.2, 0) is 6.61 Å². The molecule has 0 unspecified atom stereocenters. The lowest BCUT2D eigenvalue weighted by atomic mass is 10.2. The van der Waals surface area contributed by atoms with Gasteiger partial charge in [0.05, 0.1) is 24.9 Å². The Morgan fingerprint density at radius 2 is 1.67 bits per heavy atom. The number of amides is 2. The summed E-state index contributed by atoms with van der Waals surface area (Å²) in [6, 6.07) is 11.4. The van der Waals surface area contributed by atoms with Gasteiger partial charge in [0.15, 0.2) is 11.5 Å². The topological polar surface area (TPSA) is 98.8 Å². The largest absolute Gasteiger partial charge is 0.493 e. The summed E-state index contributed by atoms with van der Waals surface area (Å²) in [5.41, 5.74) is 6.25. The van der Waals surface area contributed by atoms with Gasteiger partial charge < -0.3 is 14.2 Å². The van der Waals surface area contributed by atoms with Crippen LogP contribution >= 0.6 is 11.3 Å². The van der Waals surface area contributed by atoms with Crippen LogP contribution in [0.2, 0.25) is 0 Å². The number of carbonyl (C=O) groups is 2. The SMILES string of the molecule is COc1ccc(C(=O)NNC(=O)c2cccc(OCc3csc(C)n3)c2)cc1OC. The second-order valence-electron chi connectivity index (χ2n) is 6.15. The molecule has 156 valence electrons. The number of ether oxygens (including phenoxy) is 3. The van der Waals surface area contributed by atoms with Crippen molar-refractivity contribution in [3.8, 4) is 17.2 Å². The third-order valence-electron chi connectivity index (χ3n) is 4.08. The molecule has 3 aromatic rings. The Labute approximate surface area is 177 Å². The highest BCUT2D eigenvalue weighted by Crippen LogP contribution is 2.27. The lowest BCUT2D eigenvalue weighted by Crippen LogP contribution is -2.41. The second-order valence-corrected chi connectivity index (χ2v) is 7.21. The Hall–Kier alpha value is -3.59. The van der Waals surface area contributed by atoms with Gasteiger partial charge in [0, 0.05) is 16.5 Å². The first-order valence-electron chi connectivity index (χ1n) is 8.96. The maximum atomic E-state index is 12.4. The third kappa shape index (κ3) is 5.26. The van der Waals surface area contributed by atoms with Crippen LogP contribution in [-0.4, -0.2) is 31.0 Å². The highest BCUT2D eigenvalue weighted by molar-refractivity contribution is 7.09. The Kier molecular flexibility index (Phi) is 6.87. The van der Waals surface area contributed by atoms with Gasteiger partial charge in [-0.1, -0.05) is 6.07 Å². The maximum absolute atomic E-state index is 12.4. The number of methoxy groups -OCH3 is 2. The van der Waals surface area contributed by atoms with Gasteiger partial charge in [-0.3, -0.25) is 20.4 Å². The van der Waals surface area contributed by atoms with Crippen molar-refractivity contribution in [1.29, 1.82) is 0 Å². The smallest absolute Gasteiger partial charge is 0.269 e. The van der Waals surface area contributed by atoms with Crippen LogP contribution in [0.15, 0.2) is 47.8 Å². The summed E-state index contributed by atoms with van der Waals surface area (Å²) < 4.78 is 16.0. The Morgan fingerprint density at radius 1 is 0.967 bits per heavy atom. The molecule has 1 heterocycles. The van der Waals surface area contributed by atoms with Gasteiger partial charge in [-0.2, -0.15) is 0 Å². The number of rotatable bonds is 7. The summed E-state index contributed by atoms with van der Waals surface area (Å²) in [7, 11) is 2.99. The van der Waals surface area contributed by atoms with Crippen LogP contribution in [0.1, 0.15) is 31.4 Å². The molecule has 9 heteroatoms. The number of aromatic nitrogens is 1. The normalized spacial score (nSPS) is 10.2. The summed E-state index contributed by atoms with van der Waals surface area (Å²) in [5.74, 6) is 0.480. The van der Waals surface area contributed by atoms with Crippen molar-refractivity contribution in [2.45, 2.75) is 13.5 Å². The monoisotopic (exact) mass is 427 g/mol. The van der Waals surface area contributed by atoms with Crippen LogP contribution in [0.25, 0.3) is 0 Å². The Morgan fingerprint density at radius 3 is 2.30 bits per heavy atom. The average Bonchev–Trinajstić information content (AvgIpc) is 3.20. The Bertz CT molecular complexity index is 1050. The molecule has 30 heavy (non-hydrogen) atoms.